The lowest BCUT2D eigenvalue weighted by molar-refractivity contribution is -0.421. The van der Waals surface area contributed by atoms with Crippen molar-refractivity contribution in [3.05, 3.63) is 47.5 Å². The summed E-state index contributed by atoms with van der Waals surface area (Å²) in [7, 11) is 0. The van der Waals surface area contributed by atoms with E-state index in [9.17, 15) is 19.8 Å². The van der Waals surface area contributed by atoms with Crippen LogP contribution in [-0.4, -0.2) is 57.4 Å². The van der Waals surface area contributed by atoms with E-state index in [0.717, 1.165) is 0 Å². The Kier molecular flexibility index (Phi) is 6.09. The summed E-state index contributed by atoms with van der Waals surface area (Å²) in [5, 5.41) is 36.9. The minimum absolute atomic E-state index is 0.0924. The predicted octanol–water partition coefficient (Wildman–Crippen LogP) is 0.0138. The Morgan fingerprint density at radius 2 is 1.21 bits per heavy atom. The van der Waals surface area contributed by atoms with Crippen LogP contribution >= 0.6 is 0 Å². The first-order valence-corrected chi connectivity index (χ1v) is 9.12. The third kappa shape index (κ3) is 3.93. The average Bonchev–Trinajstić information content (AvgIpc) is 2.69. The van der Waals surface area contributed by atoms with Gasteiger partial charge in [-0.3, -0.25) is 9.59 Å². The monoisotopic (exact) mass is 392 g/mol. The van der Waals surface area contributed by atoms with Gasteiger partial charge in [0.05, 0.1) is 25.4 Å². The Morgan fingerprint density at radius 3 is 1.54 bits per heavy atom. The smallest absolute Gasteiger partial charge is 0.154 e. The SMILES string of the molecule is O=C(CC(O)CO)CC12C=CC(CC(=O)CC(O)CO)(OO1)c1ccccc12. The summed E-state index contributed by atoms with van der Waals surface area (Å²) < 4.78 is 0. The Hall–Kier alpha value is -1.94. The first-order valence-electron chi connectivity index (χ1n) is 9.12. The third-order valence-electron chi connectivity index (χ3n) is 5.07. The minimum Gasteiger partial charge on any atom is -0.394 e. The van der Waals surface area contributed by atoms with Gasteiger partial charge in [-0.05, 0) is 23.3 Å². The molecule has 0 fully saturated rings. The Morgan fingerprint density at radius 1 is 0.821 bits per heavy atom. The van der Waals surface area contributed by atoms with Crippen molar-refractivity contribution in [1.82, 2.24) is 0 Å². The first kappa shape index (κ1) is 20.8. The quantitative estimate of drug-likeness (QED) is 0.323. The van der Waals surface area contributed by atoms with E-state index in [1.54, 1.807) is 36.4 Å². The number of carbonyl (C=O) groups is 2. The van der Waals surface area contributed by atoms with E-state index in [2.05, 4.69) is 0 Å². The Labute approximate surface area is 161 Å². The van der Waals surface area contributed by atoms with Gasteiger partial charge in [-0.2, -0.15) is 0 Å². The number of ketones is 2. The van der Waals surface area contributed by atoms with Crippen LogP contribution in [0, 0.1) is 0 Å². The molecule has 2 bridgehead atoms. The number of carbonyl (C=O) groups excluding carboxylic acids is 2. The van der Waals surface area contributed by atoms with Crippen LogP contribution in [-0.2, 0) is 30.6 Å². The van der Waals surface area contributed by atoms with E-state index in [-0.39, 0.29) is 37.2 Å². The van der Waals surface area contributed by atoms with Gasteiger partial charge < -0.3 is 20.4 Å². The molecule has 2 heterocycles. The van der Waals surface area contributed by atoms with Crippen LogP contribution in [0.3, 0.4) is 0 Å². The van der Waals surface area contributed by atoms with Gasteiger partial charge in [0, 0.05) is 25.7 Å². The molecule has 152 valence electrons. The second-order valence-electron chi connectivity index (χ2n) is 7.34. The van der Waals surface area contributed by atoms with E-state index < -0.39 is 36.6 Å². The lowest BCUT2D eigenvalue weighted by atomic mass is 9.71. The van der Waals surface area contributed by atoms with Gasteiger partial charge in [0.2, 0.25) is 0 Å². The summed E-state index contributed by atoms with van der Waals surface area (Å²) in [6, 6.07) is 7.16. The molecule has 1 aliphatic carbocycles. The van der Waals surface area contributed by atoms with Gasteiger partial charge in [0.25, 0.3) is 0 Å². The highest BCUT2D eigenvalue weighted by atomic mass is 17.2. The zero-order chi connectivity index (χ0) is 20.4. The summed E-state index contributed by atoms with van der Waals surface area (Å²) in [5.41, 5.74) is -0.964. The van der Waals surface area contributed by atoms with Gasteiger partial charge in [-0.15, -0.1) is 0 Å². The number of benzene rings is 1. The maximum atomic E-state index is 12.3. The van der Waals surface area contributed by atoms with Crippen molar-refractivity contribution < 1.29 is 39.8 Å². The van der Waals surface area contributed by atoms with Crippen LogP contribution in [0.5, 0.6) is 0 Å². The zero-order valence-corrected chi connectivity index (χ0v) is 15.3. The van der Waals surface area contributed by atoms with Gasteiger partial charge in [-0.1, -0.05) is 24.3 Å². The van der Waals surface area contributed by atoms with Crippen molar-refractivity contribution in [3.63, 3.8) is 0 Å². The zero-order valence-electron chi connectivity index (χ0n) is 15.3. The van der Waals surface area contributed by atoms with Crippen LogP contribution in [0.25, 0.3) is 0 Å². The number of fused-ring (bicyclic) bond motifs is 1. The van der Waals surface area contributed by atoms with Crippen molar-refractivity contribution in [3.8, 4) is 0 Å². The fourth-order valence-corrected chi connectivity index (χ4v) is 3.72. The van der Waals surface area contributed by atoms with Crippen molar-refractivity contribution in [1.29, 1.82) is 0 Å². The molecular formula is C20H24O8. The van der Waals surface area contributed by atoms with Gasteiger partial charge in [-0.25, -0.2) is 9.78 Å². The topological polar surface area (TPSA) is 134 Å². The fraction of sp³-hybridized carbons (Fsp3) is 0.500. The normalized spacial score (nSPS) is 27.3. The highest BCUT2D eigenvalue weighted by Crippen LogP contribution is 2.52. The summed E-state index contributed by atoms with van der Waals surface area (Å²) in [5.74, 6) is -0.609. The maximum absolute atomic E-state index is 12.3. The molecule has 8 heteroatoms. The second kappa shape index (κ2) is 8.20. The van der Waals surface area contributed by atoms with Crippen LogP contribution in [0.4, 0.5) is 0 Å². The van der Waals surface area contributed by atoms with Crippen LogP contribution in [0.1, 0.15) is 36.8 Å². The number of aliphatic hydroxyl groups excluding tert-OH is 4. The number of hydrogen-bond donors (Lipinski definition) is 4. The molecule has 4 N–H and O–H groups in total. The molecule has 4 atom stereocenters. The lowest BCUT2D eigenvalue weighted by Crippen LogP contribution is -2.49. The first-order chi connectivity index (χ1) is 13.3. The van der Waals surface area contributed by atoms with Crippen LogP contribution in [0.15, 0.2) is 36.4 Å². The van der Waals surface area contributed by atoms with Gasteiger partial charge in [0.15, 0.2) is 11.2 Å². The number of Topliss-reactive ketones (excluding diaryl/α,β-unsaturated/α-hetero) is 2. The molecule has 0 radical (unpaired) electrons. The van der Waals surface area contributed by atoms with E-state index in [1.165, 1.54) is 0 Å². The molecule has 0 saturated heterocycles. The standard InChI is InChI=1S/C20H24O8/c21-11-15(25)7-13(23)9-19-5-6-20(28-27-19,10-14(24)8-16(26)12-22)18-4-2-1-3-17(18)19/h1-6,15-16,21-22,25-26H,7-12H2. The molecule has 0 aromatic heterocycles. The van der Waals surface area contributed by atoms with Crippen molar-refractivity contribution in [2.24, 2.45) is 0 Å². The molecule has 0 saturated carbocycles. The summed E-state index contributed by atoms with van der Waals surface area (Å²) in [6.07, 6.45) is 0.489. The molecule has 28 heavy (non-hydrogen) atoms. The molecule has 0 spiro atoms. The van der Waals surface area contributed by atoms with E-state index in [0.29, 0.717) is 11.1 Å². The van der Waals surface area contributed by atoms with Crippen LogP contribution < -0.4 is 0 Å². The van der Waals surface area contributed by atoms with E-state index >= 15 is 0 Å². The van der Waals surface area contributed by atoms with Crippen LogP contribution in [0.2, 0.25) is 0 Å². The average molecular weight is 392 g/mol. The number of rotatable bonds is 10. The van der Waals surface area contributed by atoms with Crippen molar-refractivity contribution >= 4 is 11.6 Å². The lowest BCUT2D eigenvalue weighted by Gasteiger charge is -2.48. The van der Waals surface area contributed by atoms with Gasteiger partial charge in [0.1, 0.15) is 11.6 Å². The largest absolute Gasteiger partial charge is 0.394 e. The molecule has 1 aromatic rings. The minimum atomic E-state index is -1.17. The number of hydrogen-bond acceptors (Lipinski definition) is 8. The molecule has 2 aliphatic heterocycles. The maximum Gasteiger partial charge on any atom is 0.154 e. The molecule has 1 aromatic carbocycles. The summed E-state index contributed by atoms with van der Waals surface area (Å²) in [6.45, 7) is -1.01. The van der Waals surface area contributed by atoms with E-state index in [1.807, 2.05) is 0 Å². The molecule has 8 nitrogen and oxygen atoms in total. The second-order valence-corrected chi connectivity index (χ2v) is 7.34. The highest BCUT2D eigenvalue weighted by molar-refractivity contribution is 5.82. The van der Waals surface area contributed by atoms with E-state index in [4.69, 9.17) is 20.0 Å². The fourth-order valence-electron chi connectivity index (χ4n) is 3.72. The molecule has 4 rings (SSSR count). The summed E-state index contributed by atoms with van der Waals surface area (Å²) >= 11 is 0. The summed E-state index contributed by atoms with van der Waals surface area (Å²) in [4.78, 5) is 35.9. The molecular weight excluding hydrogens is 368 g/mol. The number of aliphatic hydroxyl groups is 4. The Balaban J connectivity index is 1.86. The molecule has 0 amide bonds. The molecule has 4 unspecified atom stereocenters. The van der Waals surface area contributed by atoms with Crippen molar-refractivity contribution in [2.45, 2.75) is 49.1 Å². The predicted molar refractivity (Wildman–Crippen MR) is 95.8 cm³/mol. The highest BCUT2D eigenvalue weighted by Gasteiger charge is 2.53. The molecule has 3 aliphatic rings. The Bertz CT molecular complexity index is 712. The third-order valence-corrected chi connectivity index (χ3v) is 5.07. The van der Waals surface area contributed by atoms with Crippen molar-refractivity contribution in [2.75, 3.05) is 13.2 Å². The van der Waals surface area contributed by atoms with Gasteiger partial charge >= 0.3 is 0 Å².